The predicted octanol–water partition coefficient (Wildman–Crippen LogP) is 2.07. The van der Waals surface area contributed by atoms with Crippen molar-refractivity contribution >= 4 is 11.6 Å². The Hall–Kier alpha value is -1.55. The maximum Gasteiger partial charge on any atom is 0.229 e. The molecule has 1 saturated carbocycles. The zero-order valence-corrected chi connectivity index (χ0v) is 11.1. The van der Waals surface area contributed by atoms with E-state index in [0.717, 1.165) is 23.4 Å². The number of nitrogens with two attached hydrogens (primary N) is 1. The summed E-state index contributed by atoms with van der Waals surface area (Å²) in [5.74, 6) is 0.822. The molecule has 0 aliphatic heterocycles. The molecule has 0 aromatic heterocycles. The molecule has 1 aromatic carbocycles. The molecule has 1 amide bonds. The molecule has 4 nitrogen and oxygen atoms in total. The predicted molar refractivity (Wildman–Crippen MR) is 71.7 cm³/mol. The lowest BCUT2D eigenvalue weighted by Gasteiger charge is -2.13. The van der Waals surface area contributed by atoms with Gasteiger partial charge in [0.1, 0.15) is 5.75 Å². The quantitative estimate of drug-likeness (QED) is 0.857. The van der Waals surface area contributed by atoms with E-state index in [4.69, 9.17) is 10.5 Å². The molecule has 2 rings (SSSR count). The van der Waals surface area contributed by atoms with Crippen LogP contribution in [0.3, 0.4) is 0 Å². The lowest BCUT2D eigenvalue weighted by molar-refractivity contribution is -0.117. The fourth-order valence-electron chi connectivity index (χ4n) is 1.86. The number of aryl methyl sites for hydroxylation is 1. The van der Waals surface area contributed by atoms with Crippen LogP contribution in [-0.4, -0.2) is 18.1 Å². The van der Waals surface area contributed by atoms with Gasteiger partial charge in [-0.25, -0.2) is 0 Å². The van der Waals surface area contributed by atoms with Gasteiger partial charge < -0.3 is 15.8 Å². The second-order valence-corrected chi connectivity index (χ2v) is 5.14. The molecular formula is C14H20N2O2. The third-order valence-electron chi connectivity index (χ3n) is 3.00. The van der Waals surface area contributed by atoms with E-state index in [1.807, 2.05) is 39.0 Å². The Bertz CT molecular complexity index is 457. The van der Waals surface area contributed by atoms with Gasteiger partial charge in [0.25, 0.3) is 0 Å². The molecule has 1 fully saturated rings. The van der Waals surface area contributed by atoms with Crippen LogP contribution in [0.15, 0.2) is 18.2 Å². The smallest absolute Gasteiger partial charge is 0.229 e. The molecule has 2 unspecified atom stereocenters. The SMILES string of the molecule is Cc1cc(OC(C)C)ccc1NC(=O)C1CC1N. The van der Waals surface area contributed by atoms with E-state index in [2.05, 4.69) is 5.32 Å². The van der Waals surface area contributed by atoms with Gasteiger partial charge in [-0.1, -0.05) is 0 Å². The van der Waals surface area contributed by atoms with Crippen LogP contribution in [0.4, 0.5) is 5.69 Å². The van der Waals surface area contributed by atoms with Gasteiger partial charge in [-0.15, -0.1) is 0 Å². The maximum absolute atomic E-state index is 11.8. The molecule has 2 atom stereocenters. The van der Waals surface area contributed by atoms with Crippen molar-refractivity contribution in [2.45, 2.75) is 39.3 Å². The van der Waals surface area contributed by atoms with Crippen LogP contribution in [0.25, 0.3) is 0 Å². The summed E-state index contributed by atoms with van der Waals surface area (Å²) in [6.45, 7) is 5.93. The van der Waals surface area contributed by atoms with E-state index < -0.39 is 0 Å². The zero-order valence-electron chi connectivity index (χ0n) is 11.1. The van der Waals surface area contributed by atoms with E-state index in [-0.39, 0.29) is 24.0 Å². The summed E-state index contributed by atoms with van der Waals surface area (Å²) in [6, 6.07) is 5.71. The third-order valence-corrected chi connectivity index (χ3v) is 3.00. The van der Waals surface area contributed by atoms with Crippen LogP contribution in [-0.2, 0) is 4.79 Å². The lowest BCUT2D eigenvalue weighted by Crippen LogP contribution is -2.19. The number of carbonyl (C=O) groups is 1. The molecule has 0 spiro atoms. The number of hydrogen-bond acceptors (Lipinski definition) is 3. The molecule has 1 aromatic rings. The van der Waals surface area contributed by atoms with Gasteiger partial charge in [0.2, 0.25) is 5.91 Å². The molecule has 3 N–H and O–H groups in total. The highest BCUT2D eigenvalue weighted by molar-refractivity contribution is 5.95. The van der Waals surface area contributed by atoms with Crippen LogP contribution < -0.4 is 15.8 Å². The first kappa shape index (κ1) is 12.9. The van der Waals surface area contributed by atoms with Crippen molar-refractivity contribution in [3.05, 3.63) is 23.8 Å². The average molecular weight is 248 g/mol. The van der Waals surface area contributed by atoms with Gasteiger partial charge in [-0.3, -0.25) is 4.79 Å². The van der Waals surface area contributed by atoms with Gasteiger partial charge in [-0.05, 0) is 51.0 Å². The van der Waals surface area contributed by atoms with E-state index in [9.17, 15) is 4.79 Å². The molecule has 0 heterocycles. The Kier molecular flexibility index (Phi) is 3.57. The number of anilines is 1. The monoisotopic (exact) mass is 248 g/mol. The van der Waals surface area contributed by atoms with Crippen molar-refractivity contribution in [1.29, 1.82) is 0 Å². The highest BCUT2D eigenvalue weighted by Gasteiger charge is 2.40. The first-order valence-corrected chi connectivity index (χ1v) is 6.31. The van der Waals surface area contributed by atoms with E-state index in [1.54, 1.807) is 0 Å². The first-order valence-electron chi connectivity index (χ1n) is 6.31. The second-order valence-electron chi connectivity index (χ2n) is 5.14. The fraction of sp³-hybridized carbons (Fsp3) is 0.500. The molecule has 0 bridgehead atoms. The topological polar surface area (TPSA) is 64.3 Å². The number of hydrogen-bond donors (Lipinski definition) is 2. The molecule has 1 aliphatic rings. The summed E-state index contributed by atoms with van der Waals surface area (Å²) in [7, 11) is 0. The number of ether oxygens (including phenoxy) is 1. The Morgan fingerprint density at radius 3 is 2.67 bits per heavy atom. The molecule has 0 saturated heterocycles. The van der Waals surface area contributed by atoms with Crippen molar-refractivity contribution in [3.63, 3.8) is 0 Å². The average Bonchev–Trinajstić information content (AvgIpc) is 2.99. The minimum absolute atomic E-state index is 0.0168. The molecular weight excluding hydrogens is 228 g/mol. The number of benzene rings is 1. The third kappa shape index (κ3) is 3.01. The summed E-state index contributed by atoms with van der Waals surface area (Å²) in [4.78, 5) is 11.8. The van der Waals surface area contributed by atoms with Crippen LogP contribution in [0, 0.1) is 12.8 Å². The number of nitrogens with one attached hydrogen (secondary N) is 1. The summed E-state index contributed by atoms with van der Waals surface area (Å²) in [5, 5.41) is 2.91. The van der Waals surface area contributed by atoms with Crippen molar-refractivity contribution in [2.75, 3.05) is 5.32 Å². The number of amides is 1. The van der Waals surface area contributed by atoms with Crippen LogP contribution in [0.2, 0.25) is 0 Å². The summed E-state index contributed by atoms with van der Waals surface area (Å²) >= 11 is 0. The first-order chi connectivity index (χ1) is 8.47. The fourth-order valence-corrected chi connectivity index (χ4v) is 1.86. The normalized spacial score (nSPS) is 21.8. The highest BCUT2D eigenvalue weighted by Crippen LogP contribution is 2.30. The van der Waals surface area contributed by atoms with Crippen molar-refractivity contribution in [3.8, 4) is 5.75 Å². The van der Waals surface area contributed by atoms with Crippen LogP contribution in [0.5, 0.6) is 5.75 Å². The summed E-state index contributed by atoms with van der Waals surface area (Å²) < 4.78 is 5.60. The molecule has 1 aliphatic carbocycles. The Morgan fingerprint density at radius 2 is 2.17 bits per heavy atom. The zero-order chi connectivity index (χ0) is 13.3. The van der Waals surface area contributed by atoms with Crippen molar-refractivity contribution < 1.29 is 9.53 Å². The standard InChI is InChI=1S/C14H20N2O2/c1-8(2)18-10-4-5-13(9(3)6-10)16-14(17)11-7-12(11)15/h4-6,8,11-12H,7,15H2,1-3H3,(H,16,17). The Morgan fingerprint density at radius 1 is 1.50 bits per heavy atom. The molecule has 0 radical (unpaired) electrons. The molecule has 98 valence electrons. The molecule has 18 heavy (non-hydrogen) atoms. The van der Waals surface area contributed by atoms with Crippen molar-refractivity contribution in [1.82, 2.24) is 0 Å². The van der Waals surface area contributed by atoms with Gasteiger partial charge >= 0.3 is 0 Å². The summed E-state index contributed by atoms with van der Waals surface area (Å²) in [5.41, 5.74) is 7.48. The van der Waals surface area contributed by atoms with Crippen LogP contribution >= 0.6 is 0 Å². The maximum atomic E-state index is 11.8. The minimum atomic E-state index is -0.0176. The Balaban J connectivity index is 2.03. The van der Waals surface area contributed by atoms with Crippen molar-refractivity contribution in [2.24, 2.45) is 11.7 Å². The highest BCUT2D eigenvalue weighted by atomic mass is 16.5. The van der Waals surface area contributed by atoms with Gasteiger partial charge in [0.05, 0.1) is 12.0 Å². The molecule has 4 heteroatoms. The van der Waals surface area contributed by atoms with Gasteiger partial charge in [0.15, 0.2) is 0 Å². The van der Waals surface area contributed by atoms with E-state index in [0.29, 0.717) is 0 Å². The van der Waals surface area contributed by atoms with Gasteiger partial charge in [-0.2, -0.15) is 0 Å². The number of carbonyl (C=O) groups excluding carboxylic acids is 1. The van der Waals surface area contributed by atoms with Crippen LogP contribution in [0.1, 0.15) is 25.8 Å². The minimum Gasteiger partial charge on any atom is -0.491 e. The second kappa shape index (κ2) is 4.98. The Labute approximate surface area is 108 Å². The van der Waals surface area contributed by atoms with Gasteiger partial charge in [0, 0.05) is 11.7 Å². The lowest BCUT2D eigenvalue weighted by atomic mass is 10.2. The summed E-state index contributed by atoms with van der Waals surface area (Å²) in [6.07, 6.45) is 0.939. The van der Waals surface area contributed by atoms with E-state index in [1.165, 1.54) is 0 Å². The largest absolute Gasteiger partial charge is 0.491 e. The number of rotatable bonds is 4. The van der Waals surface area contributed by atoms with E-state index >= 15 is 0 Å².